The molecule has 1 N–H and O–H groups in total. The number of hydrogen-bond acceptors (Lipinski definition) is 2. The van der Waals surface area contributed by atoms with Gasteiger partial charge in [-0.2, -0.15) is 0 Å². The zero-order valence-electron chi connectivity index (χ0n) is 12.8. The van der Waals surface area contributed by atoms with Crippen LogP contribution in [0.2, 0.25) is 0 Å². The van der Waals surface area contributed by atoms with Gasteiger partial charge in [0.15, 0.2) is 0 Å². The van der Waals surface area contributed by atoms with Gasteiger partial charge < -0.3 is 9.84 Å². The maximum Gasteiger partial charge on any atom is 0.0599 e. The predicted octanol–water partition coefficient (Wildman–Crippen LogP) is 3.77. The van der Waals surface area contributed by atoms with Gasteiger partial charge in [-0.3, -0.25) is 0 Å². The maximum atomic E-state index is 9.73. The molecular weight excluding hydrogens is 236 g/mol. The van der Waals surface area contributed by atoms with Crippen molar-refractivity contribution >= 4 is 0 Å². The van der Waals surface area contributed by atoms with Gasteiger partial charge >= 0.3 is 0 Å². The summed E-state index contributed by atoms with van der Waals surface area (Å²) in [6.07, 6.45) is 8.45. The van der Waals surface area contributed by atoms with Gasteiger partial charge in [-0.05, 0) is 67.6 Å². The third kappa shape index (κ3) is 2.15. The molecule has 2 unspecified atom stereocenters. The van der Waals surface area contributed by atoms with Gasteiger partial charge in [0, 0.05) is 0 Å². The second-order valence-electron chi connectivity index (χ2n) is 8.08. The highest BCUT2D eigenvalue weighted by atomic mass is 16.5. The van der Waals surface area contributed by atoms with E-state index in [1.807, 2.05) is 0 Å². The minimum absolute atomic E-state index is 0.120. The molecule has 0 saturated heterocycles. The standard InChI is InChI=1S/C17H30O2/c1-16(2)12-7-8-17(16,3)13(9-12)11-19-15-6-4-5-14(18)10-15/h12-15,18H,4-11H2,1-3H3/t12-,13+,14?,15?,17+/m0/s1. The second kappa shape index (κ2) is 4.73. The van der Waals surface area contributed by atoms with Crippen molar-refractivity contribution in [3.63, 3.8) is 0 Å². The first kappa shape index (κ1) is 13.9. The van der Waals surface area contributed by atoms with Gasteiger partial charge in [-0.1, -0.05) is 20.8 Å². The Morgan fingerprint density at radius 3 is 2.47 bits per heavy atom. The molecule has 3 aliphatic carbocycles. The molecule has 3 fully saturated rings. The molecule has 110 valence electrons. The van der Waals surface area contributed by atoms with Crippen molar-refractivity contribution in [2.75, 3.05) is 6.61 Å². The minimum Gasteiger partial charge on any atom is -0.393 e. The first-order valence-electron chi connectivity index (χ1n) is 8.23. The highest BCUT2D eigenvalue weighted by Gasteiger charge is 2.61. The zero-order valence-corrected chi connectivity index (χ0v) is 12.8. The van der Waals surface area contributed by atoms with Crippen LogP contribution in [0.15, 0.2) is 0 Å². The van der Waals surface area contributed by atoms with Crippen LogP contribution in [0.1, 0.15) is 65.7 Å². The average molecular weight is 266 g/mol. The van der Waals surface area contributed by atoms with Crippen LogP contribution in [-0.4, -0.2) is 23.9 Å². The summed E-state index contributed by atoms with van der Waals surface area (Å²) in [5.41, 5.74) is 0.970. The monoisotopic (exact) mass is 266 g/mol. The molecule has 0 amide bonds. The summed E-state index contributed by atoms with van der Waals surface area (Å²) in [4.78, 5) is 0. The topological polar surface area (TPSA) is 29.5 Å². The van der Waals surface area contributed by atoms with Crippen molar-refractivity contribution in [1.29, 1.82) is 0 Å². The van der Waals surface area contributed by atoms with Crippen molar-refractivity contribution < 1.29 is 9.84 Å². The maximum absolute atomic E-state index is 9.73. The molecule has 3 rings (SSSR count). The lowest BCUT2D eigenvalue weighted by Gasteiger charge is -2.40. The largest absolute Gasteiger partial charge is 0.393 e. The fraction of sp³-hybridized carbons (Fsp3) is 1.00. The molecular formula is C17H30O2. The van der Waals surface area contributed by atoms with Crippen LogP contribution in [0.3, 0.4) is 0 Å². The molecule has 2 nitrogen and oxygen atoms in total. The highest BCUT2D eigenvalue weighted by molar-refractivity contribution is 5.09. The Morgan fingerprint density at radius 2 is 1.89 bits per heavy atom. The van der Waals surface area contributed by atoms with E-state index < -0.39 is 0 Å². The number of aliphatic hydroxyl groups excluding tert-OH is 1. The number of hydrogen-bond donors (Lipinski definition) is 1. The van der Waals surface area contributed by atoms with Gasteiger partial charge in [0.2, 0.25) is 0 Å². The Bertz CT molecular complexity index is 338. The first-order valence-corrected chi connectivity index (χ1v) is 8.23. The SMILES string of the molecule is CC1(C)[C@H]2CC[C@]1(C)[C@@H](COC1CCCC(O)C1)C2. The predicted molar refractivity (Wildman–Crippen MR) is 76.9 cm³/mol. The Labute approximate surface area is 117 Å². The van der Waals surface area contributed by atoms with E-state index in [1.165, 1.54) is 19.3 Å². The van der Waals surface area contributed by atoms with Gasteiger partial charge in [0.25, 0.3) is 0 Å². The summed E-state index contributed by atoms with van der Waals surface area (Å²) >= 11 is 0. The Balaban J connectivity index is 1.57. The summed E-state index contributed by atoms with van der Waals surface area (Å²) in [5.74, 6) is 1.64. The average Bonchev–Trinajstić information content (AvgIpc) is 2.69. The molecule has 0 heterocycles. The quantitative estimate of drug-likeness (QED) is 0.842. The number of ether oxygens (including phenoxy) is 1. The molecule has 5 atom stereocenters. The molecule has 3 saturated carbocycles. The lowest BCUT2D eigenvalue weighted by molar-refractivity contribution is -0.0510. The van der Waals surface area contributed by atoms with E-state index >= 15 is 0 Å². The second-order valence-corrected chi connectivity index (χ2v) is 8.08. The molecule has 0 aliphatic heterocycles. The van der Waals surface area contributed by atoms with Gasteiger partial charge in [0.05, 0.1) is 18.8 Å². The molecule has 3 aliphatic rings. The van der Waals surface area contributed by atoms with E-state index in [0.717, 1.165) is 44.1 Å². The van der Waals surface area contributed by atoms with E-state index in [0.29, 0.717) is 16.9 Å². The smallest absolute Gasteiger partial charge is 0.0599 e. The van der Waals surface area contributed by atoms with Crippen LogP contribution < -0.4 is 0 Å². The zero-order chi connectivity index (χ0) is 13.7. The molecule has 0 spiro atoms. The minimum atomic E-state index is -0.120. The first-order chi connectivity index (χ1) is 8.93. The van der Waals surface area contributed by atoms with Crippen LogP contribution in [0, 0.1) is 22.7 Å². The summed E-state index contributed by atoms with van der Waals surface area (Å²) in [6, 6.07) is 0. The van der Waals surface area contributed by atoms with Crippen LogP contribution in [-0.2, 0) is 4.74 Å². The molecule has 0 aromatic heterocycles. The van der Waals surface area contributed by atoms with Crippen LogP contribution in [0.5, 0.6) is 0 Å². The summed E-state index contributed by atoms with van der Waals surface area (Å²) < 4.78 is 6.19. The van der Waals surface area contributed by atoms with Crippen molar-refractivity contribution in [3.8, 4) is 0 Å². The molecule has 0 radical (unpaired) electrons. The third-order valence-electron chi connectivity index (χ3n) is 7.11. The molecule has 19 heavy (non-hydrogen) atoms. The lowest BCUT2D eigenvalue weighted by atomic mass is 9.67. The van der Waals surface area contributed by atoms with E-state index in [1.54, 1.807) is 0 Å². The summed E-state index contributed by atoms with van der Waals surface area (Å²) in [5, 5.41) is 9.73. The highest BCUT2D eigenvalue weighted by Crippen LogP contribution is 2.68. The van der Waals surface area contributed by atoms with Crippen molar-refractivity contribution in [1.82, 2.24) is 0 Å². The molecule has 2 bridgehead atoms. The van der Waals surface area contributed by atoms with Crippen LogP contribution in [0.4, 0.5) is 0 Å². The van der Waals surface area contributed by atoms with Crippen LogP contribution >= 0.6 is 0 Å². The van der Waals surface area contributed by atoms with Gasteiger partial charge in [-0.25, -0.2) is 0 Å². The third-order valence-corrected chi connectivity index (χ3v) is 7.11. The van der Waals surface area contributed by atoms with E-state index in [-0.39, 0.29) is 6.10 Å². The van der Waals surface area contributed by atoms with E-state index in [4.69, 9.17) is 4.74 Å². The normalized spacial score (nSPS) is 48.6. The van der Waals surface area contributed by atoms with Crippen molar-refractivity contribution in [2.24, 2.45) is 22.7 Å². The van der Waals surface area contributed by atoms with E-state index in [9.17, 15) is 5.11 Å². The fourth-order valence-corrected chi connectivity index (χ4v) is 5.15. The van der Waals surface area contributed by atoms with Gasteiger partial charge in [-0.15, -0.1) is 0 Å². The van der Waals surface area contributed by atoms with Crippen molar-refractivity contribution in [2.45, 2.75) is 77.9 Å². The summed E-state index contributed by atoms with van der Waals surface area (Å²) in [7, 11) is 0. The lowest BCUT2D eigenvalue weighted by Crippen LogP contribution is -2.36. The Hall–Kier alpha value is -0.0800. The van der Waals surface area contributed by atoms with E-state index in [2.05, 4.69) is 20.8 Å². The molecule has 0 aromatic carbocycles. The Morgan fingerprint density at radius 1 is 1.11 bits per heavy atom. The Kier molecular flexibility index (Phi) is 3.46. The number of rotatable bonds is 3. The molecule has 2 heteroatoms. The van der Waals surface area contributed by atoms with Crippen LogP contribution in [0.25, 0.3) is 0 Å². The van der Waals surface area contributed by atoms with Gasteiger partial charge in [0.1, 0.15) is 0 Å². The molecule has 0 aromatic rings. The number of fused-ring (bicyclic) bond motifs is 2. The summed E-state index contributed by atoms with van der Waals surface area (Å²) in [6.45, 7) is 8.35. The number of aliphatic hydroxyl groups is 1. The van der Waals surface area contributed by atoms with Crippen molar-refractivity contribution in [3.05, 3.63) is 0 Å². The fourth-order valence-electron chi connectivity index (χ4n) is 5.15.